The van der Waals surface area contributed by atoms with Crippen LogP contribution in [0.3, 0.4) is 0 Å². The maximum atomic E-state index is 12.1. The number of hydrogen-bond donors (Lipinski definition) is 2. The molecule has 3 unspecified atom stereocenters. The van der Waals surface area contributed by atoms with E-state index in [-0.39, 0.29) is 24.0 Å². The van der Waals surface area contributed by atoms with Crippen molar-refractivity contribution in [2.75, 3.05) is 5.32 Å². The highest BCUT2D eigenvalue weighted by Gasteiger charge is 2.22. The van der Waals surface area contributed by atoms with E-state index in [0.29, 0.717) is 6.42 Å². The minimum absolute atomic E-state index is 0.00850. The summed E-state index contributed by atoms with van der Waals surface area (Å²) in [6.45, 7) is 4.10. The van der Waals surface area contributed by atoms with Gasteiger partial charge in [0, 0.05) is 17.8 Å². The summed E-state index contributed by atoms with van der Waals surface area (Å²) in [4.78, 5) is 12.1. The lowest BCUT2D eigenvalue weighted by Crippen LogP contribution is -2.24. The average molecular weight is 274 g/mol. The third kappa shape index (κ3) is 3.84. The number of nitrogens with one attached hydrogen (secondary N) is 1. The number of carbonyl (C=O) groups is 1. The van der Waals surface area contributed by atoms with Crippen molar-refractivity contribution in [1.82, 2.24) is 0 Å². The molecule has 0 aliphatic heterocycles. The Labute approximate surface area is 120 Å². The van der Waals surface area contributed by atoms with Crippen LogP contribution in [0.2, 0.25) is 0 Å². The molecular weight excluding hydrogens is 252 g/mol. The van der Waals surface area contributed by atoms with Crippen molar-refractivity contribution in [1.29, 1.82) is 0 Å². The molecule has 4 nitrogen and oxygen atoms in total. The van der Waals surface area contributed by atoms with Crippen LogP contribution in [-0.2, 0) is 4.79 Å². The Morgan fingerprint density at radius 1 is 1.50 bits per heavy atom. The first-order valence-corrected chi connectivity index (χ1v) is 7.10. The average Bonchev–Trinajstić information content (AvgIpc) is 2.86. The molecule has 108 valence electrons. The van der Waals surface area contributed by atoms with Gasteiger partial charge in [-0.25, -0.2) is 0 Å². The summed E-state index contributed by atoms with van der Waals surface area (Å²) in [5.74, 6) is 0.620. The molecule has 0 heterocycles. The smallest absolute Gasteiger partial charge is 0.231 e. The van der Waals surface area contributed by atoms with Crippen LogP contribution in [0.4, 0.5) is 5.69 Å². The molecule has 1 aliphatic rings. The first kappa shape index (κ1) is 14.6. The molecular formula is C16H22N2O2. The number of ether oxygens (including phenoxy) is 1. The number of amides is 1. The number of rotatable bonds is 5. The molecule has 1 amide bonds. The summed E-state index contributed by atoms with van der Waals surface area (Å²) in [5.41, 5.74) is 6.52. The summed E-state index contributed by atoms with van der Waals surface area (Å²) in [6, 6.07) is 7.48. The molecule has 1 aromatic carbocycles. The van der Waals surface area contributed by atoms with Gasteiger partial charge in [0.1, 0.15) is 5.75 Å². The van der Waals surface area contributed by atoms with Crippen LogP contribution in [0.1, 0.15) is 26.7 Å². The van der Waals surface area contributed by atoms with Crippen LogP contribution >= 0.6 is 0 Å². The summed E-state index contributed by atoms with van der Waals surface area (Å²) in [6.07, 6.45) is 5.54. The lowest BCUT2D eigenvalue weighted by Gasteiger charge is -2.14. The largest absolute Gasteiger partial charge is 0.491 e. The molecule has 0 bridgehead atoms. The van der Waals surface area contributed by atoms with Crippen LogP contribution in [0.25, 0.3) is 0 Å². The molecule has 0 fully saturated rings. The normalized spacial score (nSPS) is 22.6. The zero-order chi connectivity index (χ0) is 14.5. The summed E-state index contributed by atoms with van der Waals surface area (Å²) in [7, 11) is 0. The number of nitrogens with two attached hydrogens (primary N) is 1. The standard InChI is InChI=1S/C16H22N2O2/c1-3-11(2)20-15-6-4-5-14(10-15)18-16(19)12-7-8-13(17)9-12/h4-8,10-13H,3,9,17H2,1-2H3,(H,18,19). The minimum atomic E-state index is -0.135. The highest BCUT2D eigenvalue weighted by molar-refractivity contribution is 5.94. The molecule has 0 aromatic heterocycles. The highest BCUT2D eigenvalue weighted by atomic mass is 16.5. The molecule has 20 heavy (non-hydrogen) atoms. The van der Waals surface area contributed by atoms with Crippen molar-refractivity contribution < 1.29 is 9.53 Å². The summed E-state index contributed by atoms with van der Waals surface area (Å²) in [5, 5.41) is 2.91. The van der Waals surface area contributed by atoms with Crippen molar-refractivity contribution >= 4 is 11.6 Å². The first-order chi connectivity index (χ1) is 9.58. The minimum Gasteiger partial charge on any atom is -0.491 e. The van der Waals surface area contributed by atoms with Crippen molar-refractivity contribution in [2.45, 2.75) is 38.8 Å². The topological polar surface area (TPSA) is 64.3 Å². The van der Waals surface area contributed by atoms with Gasteiger partial charge in [-0.15, -0.1) is 0 Å². The van der Waals surface area contributed by atoms with E-state index in [9.17, 15) is 4.79 Å². The van der Waals surface area contributed by atoms with Crippen molar-refractivity contribution in [3.63, 3.8) is 0 Å². The molecule has 1 aromatic rings. The maximum absolute atomic E-state index is 12.1. The lowest BCUT2D eigenvalue weighted by atomic mass is 10.1. The van der Waals surface area contributed by atoms with Gasteiger partial charge in [0.15, 0.2) is 0 Å². The van der Waals surface area contributed by atoms with Gasteiger partial charge in [-0.05, 0) is 31.9 Å². The van der Waals surface area contributed by atoms with Crippen LogP contribution in [0.15, 0.2) is 36.4 Å². The Bertz CT molecular complexity index is 499. The second kappa shape index (κ2) is 6.57. The Hall–Kier alpha value is -1.81. The van der Waals surface area contributed by atoms with Crippen molar-refractivity contribution in [2.24, 2.45) is 11.7 Å². The number of hydrogen-bond acceptors (Lipinski definition) is 3. The van der Waals surface area contributed by atoms with Gasteiger partial charge in [0.25, 0.3) is 0 Å². The molecule has 3 N–H and O–H groups in total. The molecule has 0 saturated heterocycles. The molecule has 2 rings (SSSR count). The van der Waals surface area contributed by atoms with E-state index in [0.717, 1.165) is 17.9 Å². The Kier molecular flexibility index (Phi) is 4.79. The van der Waals surface area contributed by atoms with Gasteiger partial charge in [0.05, 0.1) is 12.0 Å². The van der Waals surface area contributed by atoms with E-state index in [1.807, 2.05) is 43.3 Å². The van der Waals surface area contributed by atoms with Crippen LogP contribution < -0.4 is 15.8 Å². The Balaban J connectivity index is 1.97. The molecule has 4 heteroatoms. The van der Waals surface area contributed by atoms with Gasteiger partial charge in [-0.2, -0.15) is 0 Å². The van der Waals surface area contributed by atoms with E-state index in [1.54, 1.807) is 0 Å². The van der Waals surface area contributed by atoms with Crippen LogP contribution in [-0.4, -0.2) is 18.1 Å². The zero-order valence-electron chi connectivity index (χ0n) is 12.0. The highest BCUT2D eigenvalue weighted by Crippen LogP contribution is 2.22. The van der Waals surface area contributed by atoms with Crippen molar-refractivity contribution in [3.8, 4) is 5.75 Å². The monoisotopic (exact) mass is 274 g/mol. The third-order valence-corrected chi connectivity index (χ3v) is 3.47. The van der Waals surface area contributed by atoms with E-state index in [4.69, 9.17) is 10.5 Å². The Morgan fingerprint density at radius 2 is 2.30 bits per heavy atom. The maximum Gasteiger partial charge on any atom is 0.231 e. The van der Waals surface area contributed by atoms with Gasteiger partial charge in [-0.3, -0.25) is 4.79 Å². The second-order valence-corrected chi connectivity index (χ2v) is 5.24. The first-order valence-electron chi connectivity index (χ1n) is 7.10. The van der Waals surface area contributed by atoms with Crippen LogP contribution in [0.5, 0.6) is 5.75 Å². The van der Waals surface area contributed by atoms with Gasteiger partial charge in [0.2, 0.25) is 5.91 Å². The van der Waals surface area contributed by atoms with E-state index in [1.165, 1.54) is 0 Å². The van der Waals surface area contributed by atoms with Crippen LogP contribution in [0, 0.1) is 5.92 Å². The number of benzene rings is 1. The fraction of sp³-hybridized carbons (Fsp3) is 0.438. The predicted octanol–water partition coefficient (Wildman–Crippen LogP) is 2.71. The molecule has 3 atom stereocenters. The summed E-state index contributed by atoms with van der Waals surface area (Å²) < 4.78 is 5.74. The summed E-state index contributed by atoms with van der Waals surface area (Å²) >= 11 is 0. The molecule has 0 radical (unpaired) electrons. The third-order valence-electron chi connectivity index (χ3n) is 3.47. The Morgan fingerprint density at radius 3 is 2.95 bits per heavy atom. The molecule has 0 saturated carbocycles. The van der Waals surface area contributed by atoms with E-state index in [2.05, 4.69) is 12.2 Å². The van der Waals surface area contributed by atoms with E-state index >= 15 is 0 Å². The fourth-order valence-electron chi connectivity index (χ4n) is 2.12. The van der Waals surface area contributed by atoms with Gasteiger partial charge in [-0.1, -0.05) is 25.1 Å². The quantitative estimate of drug-likeness (QED) is 0.811. The van der Waals surface area contributed by atoms with Gasteiger partial charge < -0.3 is 15.8 Å². The van der Waals surface area contributed by atoms with Gasteiger partial charge >= 0.3 is 0 Å². The van der Waals surface area contributed by atoms with E-state index < -0.39 is 0 Å². The molecule has 0 spiro atoms. The lowest BCUT2D eigenvalue weighted by molar-refractivity contribution is -0.118. The fourth-order valence-corrected chi connectivity index (χ4v) is 2.12. The molecule has 1 aliphatic carbocycles. The van der Waals surface area contributed by atoms with Crippen molar-refractivity contribution in [3.05, 3.63) is 36.4 Å². The number of anilines is 1. The SMILES string of the molecule is CCC(C)Oc1cccc(NC(=O)C2C=CC(N)C2)c1. The second-order valence-electron chi connectivity index (χ2n) is 5.24. The predicted molar refractivity (Wildman–Crippen MR) is 80.7 cm³/mol. The zero-order valence-corrected chi connectivity index (χ0v) is 12.0. The number of carbonyl (C=O) groups excluding carboxylic acids is 1.